The highest BCUT2D eigenvalue weighted by atomic mass is 15.4. The molecule has 0 saturated carbocycles. The van der Waals surface area contributed by atoms with E-state index < -0.39 is 0 Å². The first-order chi connectivity index (χ1) is 11.1. The molecular weight excluding hydrogens is 286 g/mol. The van der Waals surface area contributed by atoms with Crippen molar-refractivity contribution in [2.75, 3.05) is 5.32 Å². The van der Waals surface area contributed by atoms with Gasteiger partial charge in [0.25, 0.3) is 5.78 Å². The van der Waals surface area contributed by atoms with Gasteiger partial charge in [0, 0.05) is 11.3 Å². The maximum Gasteiger partial charge on any atom is 0.254 e. The summed E-state index contributed by atoms with van der Waals surface area (Å²) < 4.78 is 1.86. The zero-order chi connectivity index (χ0) is 16.0. The Morgan fingerprint density at radius 3 is 2.48 bits per heavy atom. The van der Waals surface area contributed by atoms with Gasteiger partial charge in [-0.2, -0.15) is 9.50 Å². The zero-order valence-electron chi connectivity index (χ0n) is 13.8. The topological polar surface area (TPSA) is 55.1 Å². The van der Waals surface area contributed by atoms with Gasteiger partial charge >= 0.3 is 0 Å². The molecule has 2 heterocycles. The molecule has 23 heavy (non-hydrogen) atoms. The smallest absolute Gasteiger partial charge is 0.254 e. The minimum absolute atomic E-state index is 0.690. The van der Waals surface area contributed by atoms with E-state index in [1.807, 2.05) is 11.4 Å². The molecule has 0 atom stereocenters. The second kappa shape index (κ2) is 5.33. The van der Waals surface area contributed by atoms with E-state index in [9.17, 15) is 0 Å². The number of rotatable bonds is 2. The van der Waals surface area contributed by atoms with E-state index in [2.05, 4.69) is 47.4 Å². The van der Waals surface area contributed by atoms with Crippen LogP contribution in [0.1, 0.15) is 41.1 Å². The Kier molecular flexibility index (Phi) is 3.29. The average Bonchev–Trinajstić information content (AvgIpc) is 2.86. The van der Waals surface area contributed by atoms with Crippen molar-refractivity contribution in [2.45, 2.75) is 46.5 Å². The normalized spacial score (nSPS) is 14.0. The molecule has 1 aliphatic rings. The Balaban J connectivity index is 1.90. The number of aryl methyl sites for hydroxylation is 4. The minimum atomic E-state index is 0.690. The predicted molar refractivity (Wildman–Crippen MR) is 91.4 cm³/mol. The van der Waals surface area contributed by atoms with Gasteiger partial charge in [0.05, 0.1) is 5.69 Å². The van der Waals surface area contributed by atoms with E-state index in [-0.39, 0.29) is 0 Å². The lowest BCUT2D eigenvalue weighted by atomic mass is 9.96. The van der Waals surface area contributed by atoms with Crippen LogP contribution in [0.25, 0.3) is 5.78 Å². The number of nitrogens with one attached hydrogen (secondary N) is 1. The second-order valence-electron chi connectivity index (χ2n) is 6.46. The van der Waals surface area contributed by atoms with E-state index in [1.54, 1.807) is 0 Å². The zero-order valence-corrected chi connectivity index (χ0v) is 13.8. The van der Waals surface area contributed by atoms with Crippen molar-refractivity contribution in [1.29, 1.82) is 0 Å². The van der Waals surface area contributed by atoms with Gasteiger partial charge in [0.15, 0.2) is 0 Å². The van der Waals surface area contributed by atoms with Crippen molar-refractivity contribution >= 4 is 17.3 Å². The van der Waals surface area contributed by atoms with Crippen LogP contribution in [0.2, 0.25) is 0 Å². The quantitative estimate of drug-likeness (QED) is 0.785. The van der Waals surface area contributed by atoms with Gasteiger partial charge in [-0.05, 0) is 69.7 Å². The highest BCUT2D eigenvalue weighted by molar-refractivity contribution is 5.64. The number of anilines is 2. The molecule has 1 aromatic carbocycles. The molecule has 0 unspecified atom stereocenters. The molecule has 0 spiro atoms. The highest BCUT2D eigenvalue weighted by Crippen LogP contribution is 2.30. The van der Waals surface area contributed by atoms with E-state index >= 15 is 0 Å². The summed E-state index contributed by atoms with van der Waals surface area (Å²) >= 11 is 0. The summed E-state index contributed by atoms with van der Waals surface area (Å²) in [5.74, 6) is 2.47. The SMILES string of the molecule is Cc1cc(C)cc(Nc2c3c(nc4nc(C)nn24)CCCC3)c1. The Morgan fingerprint density at radius 2 is 1.70 bits per heavy atom. The summed E-state index contributed by atoms with van der Waals surface area (Å²) in [7, 11) is 0. The van der Waals surface area contributed by atoms with Crippen LogP contribution < -0.4 is 5.32 Å². The molecular formula is C18H21N5. The van der Waals surface area contributed by atoms with Crippen molar-refractivity contribution in [3.8, 4) is 0 Å². The average molecular weight is 307 g/mol. The van der Waals surface area contributed by atoms with E-state index in [4.69, 9.17) is 4.98 Å². The molecule has 0 aliphatic heterocycles. The molecule has 2 aromatic heterocycles. The maximum absolute atomic E-state index is 4.72. The Bertz CT molecular complexity index is 874. The Labute approximate surface area is 135 Å². The van der Waals surface area contributed by atoms with Crippen molar-refractivity contribution in [1.82, 2.24) is 19.6 Å². The van der Waals surface area contributed by atoms with E-state index in [1.165, 1.54) is 35.2 Å². The van der Waals surface area contributed by atoms with E-state index in [0.29, 0.717) is 5.78 Å². The van der Waals surface area contributed by atoms with Gasteiger partial charge in [0.2, 0.25) is 0 Å². The van der Waals surface area contributed by atoms with Gasteiger partial charge in [0.1, 0.15) is 11.6 Å². The molecule has 0 fully saturated rings. The first-order valence-corrected chi connectivity index (χ1v) is 8.20. The third-order valence-electron chi connectivity index (χ3n) is 4.35. The number of benzene rings is 1. The Morgan fingerprint density at radius 1 is 0.957 bits per heavy atom. The lowest BCUT2D eigenvalue weighted by molar-refractivity contribution is 0.662. The molecule has 3 aromatic rings. The first kappa shape index (κ1) is 14.2. The van der Waals surface area contributed by atoms with Crippen LogP contribution in [0.15, 0.2) is 18.2 Å². The maximum atomic E-state index is 4.72. The third kappa shape index (κ3) is 2.56. The van der Waals surface area contributed by atoms with Gasteiger partial charge < -0.3 is 5.32 Å². The summed E-state index contributed by atoms with van der Waals surface area (Å²) in [5.41, 5.74) is 6.05. The van der Waals surface area contributed by atoms with Crippen LogP contribution in [-0.4, -0.2) is 19.6 Å². The van der Waals surface area contributed by atoms with Crippen LogP contribution in [0, 0.1) is 20.8 Å². The number of hydrogen-bond acceptors (Lipinski definition) is 4. The summed E-state index contributed by atoms with van der Waals surface area (Å²) in [6.07, 6.45) is 4.48. The van der Waals surface area contributed by atoms with Crippen molar-refractivity contribution in [2.24, 2.45) is 0 Å². The first-order valence-electron chi connectivity index (χ1n) is 8.20. The summed E-state index contributed by atoms with van der Waals surface area (Å²) in [6.45, 7) is 6.15. The lowest BCUT2D eigenvalue weighted by Crippen LogP contribution is -2.13. The highest BCUT2D eigenvalue weighted by Gasteiger charge is 2.20. The van der Waals surface area contributed by atoms with E-state index in [0.717, 1.165) is 30.2 Å². The number of fused-ring (bicyclic) bond motifs is 2. The molecule has 0 radical (unpaired) electrons. The fourth-order valence-corrected chi connectivity index (χ4v) is 3.45. The monoisotopic (exact) mass is 307 g/mol. The molecule has 1 aliphatic carbocycles. The third-order valence-corrected chi connectivity index (χ3v) is 4.35. The molecule has 118 valence electrons. The van der Waals surface area contributed by atoms with Crippen LogP contribution in [0.3, 0.4) is 0 Å². The van der Waals surface area contributed by atoms with Crippen LogP contribution >= 0.6 is 0 Å². The largest absolute Gasteiger partial charge is 0.340 e. The standard InChI is InChI=1S/C18H21N5/c1-11-8-12(2)10-14(9-11)20-17-15-6-4-5-7-16(15)21-18-19-13(3)22-23(17)18/h8-10,20H,4-7H2,1-3H3. The van der Waals surface area contributed by atoms with Gasteiger partial charge in [-0.1, -0.05) is 6.07 Å². The summed E-state index contributed by atoms with van der Waals surface area (Å²) in [4.78, 5) is 9.18. The summed E-state index contributed by atoms with van der Waals surface area (Å²) in [6, 6.07) is 6.51. The number of aromatic nitrogens is 4. The summed E-state index contributed by atoms with van der Waals surface area (Å²) in [5, 5.41) is 8.13. The molecule has 0 saturated heterocycles. The number of hydrogen-bond donors (Lipinski definition) is 1. The van der Waals surface area contributed by atoms with Gasteiger partial charge in [-0.25, -0.2) is 4.98 Å². The Hall–Kier alpha value is -2.43. The lowest BCUT2D eigenvalue weighted by Gasteiger charge is -2.20. The molecule has 0 bridgehead atoms. The second-order valence-corrected chi connectivity index (χ2v) is 6.46. The molecule has 5 heteroatoms. The van der Waals surface area contributed by atoms with Gasteiger partial charge in [-0.15, -0.1) is 5.10 Å². The number of nitrogens with zero attached hydrogens (tertiary/aromatic N) is 4. The fourth-order valence-electron chi connectivity index (χ4n) is 3.45. The van der Waals surface area contributed by atoms with Crippen LogP contribution in [0.5, 0.6) is 0 Å². The molecule has 5 nitrogen and oxygen atoms in total. The van der Waals surface area contributed by atoms with Gasteiger partial charge in [-0.3, -0.25) is 0 Å². The molecule has 1 N–H and O–H groups in total. The fraction of sp³-hybridized carbons (Fsp3) is 0.389. The predicted octanol–water partition coefficient (Wildman–Crippen LogP) is 3.67. The minimum Gasteiger partial charge on any atom is -0.340 e. The van der Waals surface area contributed by atoms with Crippen LogP contribution in [-0.2, 0) is 12.8 Å². The molecule has 4 rings (SSSR count). The van der Waals surface area contributed by atoms with Crippen molar-refractivity contribution < 1.29 is 0 Å². The van der Waals surface area contributed by atoms with Crippen LogP contribution in [0.4, 0.5) is 11.5 Å². The van der Waals surface area contributed by atoms with Crippen molar-refractivity contribution in [3.63, 3.8) is 0 Å². The van der Waals surface area contributed by atoms with Crippen molar-refractivity contribution in [3.05, 3.63) is 46.4 Å². The molecule has 0 amide bonds.